The fourth-order valence-electron chi connectivity index (χ4n) is 2.27. The highest BCUT2D eigenvalue weighted by molar-refractivity contribution is 9.10. The third-order valence-corrected chi connectivity index (χ3v) is 3.99. The average Bonchev–Trinajstić information content (AvgIpc) is 2.78. The zero-order valence-corrected chi connectivity index (χ0v) is 12.8. The van der Waals surface area contributed by atoms with E-state index in [4.69, 9.17) is 4.74 Å². The first kappa shape index (κ1) is 13.7. The highest BCUT2D eigenvalue weighted by Gasteiger charge is 2.23. The number of aromatic hydroxyl groups is 1. The fourth-order valence-corrected chi connectivity index (χ4v) is 2.72. The van der Waals surface area contributed by atoms with Gasteiger partial charge in [0.2, 0.25) is 0 Å². The second-order valence-electron chi connectivity index (χ2n) is 4.60. The summed E-state index contributed by atoms with van der Waals surface area (Å²) in [5.41, 5.74) is 3.00. The van der Waals surface area contributed by atoms with E-state index in [0.29, 0.717) is 15.8 Å². The molecular formula is C16H12BrNO3. The van der Waals surface area contributed by atoms with Crippen molar-refractivity contribution >= 4 is 39.2 Å². The number of carbonyl (C=O) groups is 1. The van der Waals surface area contributed by atoms with Gasteiger partial charge in [-0.15, -0.1) is 0 Å². The van der Waals surface area contributed by atoms with Crippen molar-refractivity contribution in [1.29, 1.82) is 0 Å². The van der Waals surface area contributed by atoms with Crippen LogP contribution in [0.15, 0.2) is 40.9 Å². The second-order valence-corrected chi connectivity index (χ2v) is 5.46. The SMILES string of the molecule is COc1cc(C=C2C(=O)Nc3ccccc32)c(Br)cc1O. The van der Waals surface area contributed by atoms with Crippen LogP contribution in [0.4, 0.5) is 5.69 Å². The van der Waals surface area contributed by atoms with Gasteiger partial charge in [0.05, 0.1) is 7.11 Å². The summed E-state index contributed by atoms with van der Waals surface area (Å²) in [4.78, 5) is 12.1. The summed E-state index contributed by atoms with van der Waals surface area (Å²) in [6, 6.07) is 10.7. The third kappa shape index (κ3) is 2.40. The first-order valence-electron chi connectivity index (χ1n) is 6.29. The molecule has 2 aromatic carbocycles. The highest BCUT2D eigenvalue weighted by Crippen LogP contribution is 2.37. The molecule has 0 aromatic heterocycles. The molecule has 1 aliphatic rings. The van der Waals surface area contributed by atoms with Crippen LogP contribution < -0.4 is 10.1 Å². The molecule has 4 nitrogen and oxygen atoms in total. The number of ether oxygens (including phenoxy) is 1. The van der Waals surface area contributed by atoms with Crippen molar-refractivity contribution in [2.24, 2.45) is 0 Å². The molecule has 1 aliphatic heterocycles. The van der Waals surface area contributed by atoms with Crippen LogP contribution in [0.1, 0.15) is 11.1 Å². The Hall–Kier alpha value is -2.27. The Labute approximate surface area is 130 Å². The molecule has 0 fully saturated rings. The zero-order valence-electron chi connectivity index (χ0n) is 11.2. The topological polar surface area (TPSA) is 58.6 Å². The van der Waals surface area contributed by atoms with Crippen LogP contribution in [0.25, 0.3) is 11.6 Å². The van der Waals surface area contributed by atoms with Crippen molar-refractivity contribution in [2.45, 2.75) is 0 Å². The molecule has 0 radical (unpaired) electrons. The lowest BCUT2D eigenvalue weighted by molar-refractivity contribution is -0.110. The van der Waals surface area contributed by atoms with E-state index in [0.717, 1.165) is 16.8 Å². The molecule has 5 heteroatoms. The van der Waals surface area contributed by atoms with Gasteiger partial charge in [0.1, 0.15) is 0 Å². The first-order valence-corrected chi connectivity index (χ1v) is 7.08. The summed E-state index contributed by atoms with van der Waals surface area (Å²) in [5.74, 6) is 0.259. The molecule has 0 unspecified atom stereocenters. The van der Waals surface area contributed by atoms with Gasteiger partial charge in [-0.3, -0.25) is 4.79 Å². The van der Waals surface area contributed by atoms with E-state index in [1.807, 2.05) is 24.3 Å². The Morgan fingerprint density at radius 2 is 2.05 bits per heavy atom. The maximum absolute atomic E-state index is 12.1. The molecule has 3 rings (SSSR count). The Bertz CT molecular complexity index is 768. The lowest BCUT2D eigenvalue weighted by atomic mass is 10.0. The van der Waals surface area contributed by atoms with Crippen molar-refractivity contribution in [3.63, 3.8) is 0 Å². The number of halogens is 1. The number of fused-ring (bicyclic) bond motifs is 1. The fraction of sp³-hybridized carbons (Fsp3) is 0.0625. The maximum atomic E-state index is 12.1. The van der Waals surface area contributed by atoms with E-state index in [2.05, 4.69) is 21.2 Å². The lowest BCUT2D eigenvalue weighted by Crippen LogP contribution is -2.03. The molecule has 1 heterocycles. The molecule has 106 valence electrons. The number of rotatable bonds is 2. The minimum atomic E-state index is -0.143. The van der Waals surface area contributed by atoms with Crippen LogP contribution in [-0.4, -0.2) is 18.1 Å². The molecule has 21 heavy (non-hydrogen) atoms. The predicted molar refractivity (Wildman–Crippen MR) is 85.3 cm³/mol. The summed E-state index contributed by atoms with van der Waals surface area (Å²) < 4.78 is 5.79. The average molecular weight is 346 g/mol. The van der Waals surface area contributed by atoms with Gasteiger partial charge in [-0.1, -0.05) is 34.1 Å². The number of hydrogen-bond donors (Lipinski definition) is 2. The third-order valence-electron chi connectivity index (χ3n) is 3.31. The number of nitrogens with one attached hydrogen (secondary N) is 1. The number of anilines is 1. The zero-order chi connectivity index (χ0) is 15.0. The number of carbonyl (C=O) groups excluding carboxylic acids is 1. The monoisotopic (exact) mass is 345 g/mol. The lowest BCUT2D eigenvalue weighted by Gasteiger charge is -2.07. The number of hydrogen-bond acceptors (Lipinski definition) is 3. The molecule has 0 bridgehead atoms. The standard InChI is InChI=1S/C16H12BrNO3/c1-21-15-7-9(12(17)8-14(15)19)6-11-10-4-2-3-5-13(10)18-16(11)20/h2-8,19H,1H3,(H,18,20). The van der Waals surface area contributed by atoms with Crippen LogP contribution in [0.2, 0.25) is 0 Å². The van der Waals surface area contributed by atoms with Gasteiger partial charge in [-0.2, -0.15) is 0 Å². The van der Waals surface area contributed by atoms with Crippen LogP contribution in [0.5, 0.6) is 11.5 Å². The number of phenolic OH excluding ortho intramolecular Hbond substituents is 1. The van der Waals surface area contributed by atoms with Gasteiger partial charge in [0, 0.05) is 21.3 Å². The van der Waals surface area contributed by atoms with Crippen LogP contribution in [-0.2, 0) is 4.79 Å². The number of amides is 1. The smallest absolute Gasteiger partial charge is 0.256 e. The van der Waals surface area contributed by atoms with E-state index in [1.165, 1.54) is 7.11 Å². The van der Waals surface area contributed by atoms with E-state index < -0.39 is 0 Å². The normalized spacial score (nSPS) is 15.0. The van der Waals surface area contributed by atoms with Crippen LogP contribution in [0, 0.1) is 0 Å². The molecule has 0 saturated carbocycles. The Balaban J connectivity index is 2.13. The molecule has 0 aliphatic carbocycles. The number of phenols is 1. The molecule has 2 aromatic rings. The van der Waals surface area contributed by atoms with Gasteiger partial charge >= 0.3 is 0 Å². The van der Waals surface area contributed by atoms with E-state index in [1.54, 1.807) is 18.2 Å². The Morgan fingerprint density at radius 1 is 1.29 bits per heavy atom. The van der Waals surface area contributed by atoms with E-state index in [9.17, 15) is 9.90 Å². The number of benzene rings is 2. The molecular weight excluding hydrogens is 334 g/mol. The van der Waals surface area contributed by atoms with Crippen molar-refractivity contribution < 1.29 is 14.6 Å². The number of methoxy groups -OCH3 is 1. The van der Waals surface area contributed by atoms with Gasteiger partial charge in [-0.25, -0.2) is 0 Å². The second kappa shape index (κ2) is 5.26. The largest absolute Gasteiger partial charge is 0.504 e. The van der Waals surface area contributed by atoms with Crippen molar-refractivity contribution in [2.75, 3.05) is 12.4 Å². The van der Waals surface area contributed by atoms with Crippen molar-refractivity contribution in [1.82, 2.24) is 0 Å². The molecule has 0 atom stereocenters. The van der Waals surface area contributed by atoms with Crippen molar-refractivity contribution in [3.05, 3.63) is 52.0 Å². The van der Waals surface area contributed by atoms with E-state index >= 15 is 0 Å². The minimum Gasteiger partial charge on any atom is -0.504 e. The quantitative estimate of drug-likeness (QED) is 0.816. The summed E-state index contributed by atoms with van der Waals surface area (Å²) in [6.07, 6.45) is 1.77. The summed E-state index contributed by atoms with van der Waals surface area (Å²) >= 11 is 3.39. The van der Waals surface area contributed by atoms with Crippen molar-refractivity contribution in [3.8, 4) is 11.5 Å². The van der Waals surface area contributed by atoms with Gasteiger partial charge < -0.3 is 15.2 Å². The Kier molecular flexibility index (Phi) is 3.43. The van der Waals surface area contributed by atoms with Crippen LogP contribution >= 0.6 is 15.9 Å². The predicted octanol–water partition coefficient (Wildman–Crippen LogP) is 3.66. The minimum absolute atomic E-state index is 0.0443. The van der Waals surface area contributed by atoms with Gasteiger partial charge in [0.15, 0.2) is 11.5 Å². The summed E-state index contributed by atoms with van der Waals surface area (Å²) in [6.45, 7) is 0. The molecule has 0 spiro atoms. The van der Waals surface area contributed by atoms with Gasteiger partial charge in [-0.05, 0) is 29.8 Å². The first-order chi connectivity index (χ1) is 10.1. The van der Waals surface area contributed by atoms with E-state index in [-0.39, 0.29) is 11.7 Å². The molecule has 1 amide bonds. The summed E-state index contributed by atoms with van der Waals surface area (Å²) in [7, 11) is 1.48. The van der Waals surface area contributed by atoms with Gasteiger partial charge in [0.25, 0.3) is 5.91 Å². The Morgan fingerprint density at radius 3 is 2.81 bits per heavy atom. The molecule has 0 saturated heterocycles. The molecule has 2 N–H and O–H groups in total. The maximum Gasteiger partial charge on any atom is 0.256 e. The number of para-hydroxylation sites is 1. The van der Waals surface area contributed by atoms with Crippen LogP contribution in [0.3, 0.4) is 0 Å². The summed E-state index contributed by atoms with van der Waals surface area (Å²) in [5, 5.41) is 12.6. The highest BCUT2D eigenvalue weighted by atomic mass is 79.9.